The minimum atomic E-state index is -0.977. The zero-order chi connectivity index (χ0) is 21.6. The van der Waals surface area contributed by atoms with Gasteiger partial charge in [0.15, 0.2) is 17.2 Å². The molecule has 5 atom stereocenters. The molecule has 30 heavy (non-hydrogen) atoms. The van der Waals surface area contributed by atoms with E-state index in [2.05, 4.69) is 15.3 Å². The molecule has 3 aliphatic rings. The topological polar surface area (TPSA) is 129 Å². The Morgan fingerprint density at radius 3 is 2.73 bits per heavy atom. The normalized spacial score (nSPS) is 30.8. The van der Waals surface area contributed by atoms with E-state index in [0.717, 1.165) is 5.75 Å². The molecule has 0 bridgehead atoms. The molecule has 1 aliphatic heterocycles. The number of nitro groups is 1. The number of nitrogens with zero attached hydrogens (tertiary/aromatic N) is 3. The predicted molar refractivity (Wildman–Crippen MR) is 110 cm³/mol. The molecule has 166 valence electrons. The second kappa shape index (κ2) is 8.36. The summed E-state index contributed by atoms with van der Waals surface area (Å²) in [4.78, 5) is 19.5. The molecule has 1 saturated heterocycles. The van der Waals surface area contributed by atoms with Crippen molar-refractivity contribution in [1.29, 1.82) is 0 Å². The van der Waals surface area contributed by atoms with Crippen LogP contribution < -0.4 is 5.32 Å². The van der Waals surface area contributed by atoms with Crippen LogP contribution in [-0.4, -0.2) is 62.2 Å². The van der Waals surface area contributed by atoms with Crippen LogP contribution in [0.4, 0.5) is 11.5 Å². The third-order valence-corrected chi connectivity index (χ3v) is 6.60. The maximum Gasteiger partial charge on any atom is 0.348 e. The van der Waals surface area contributed by atoms with Crippen molar-refractivity contribution < 1.29 is 24.2 Å². The summed E-state index contributed by atoms with van der Waals surface area (Å²) in [6.45, 7) is 5.10. The van der Waals surface area contributed by atoms with Gasteiger partial charge >= 0.3 is 5.69 Å². The average molecular weight is 461 g/mol. The van der Waals surface area contributed by atoms with Gasteiger partial charge in [-0.3, -0.25) is 10.1 Å². The van der Waals surface area contributed by atoms with E-state index >= 15 is 0 Å². The number of ether oxygens (including phenoxy) is 3. The number of fused-ring (bicyclic) bond motifs is 1. The van der Waals surface area contributed by atoms with Crippen molar-refractivity contribution in [3.05, 3.63) is 15.3 Å². The van der Waals surface area contributed by atoms with E-state index in [9.17, 15) is 15.2 Å². The van der Waals surface area contributed by atoms with E-state index < -0.39 is 35.3 Å². The molecule has 0 aromatic carbocycles. The highest BCUT2D eigenvalue weighted by molar-refractivity contribution is 7.99. The van der Waals surface area contributed by atoms with Crippen LogP contribution in [0.25, 0.3) is 0 Å². The van der Waals surface area contributed by atoms with Gasteiger partial charge in [0.05, 0.1) is 17.1 Å². The van der Waals surface area contributed by atoms with Crippen LogP contribution in [0.1, 0.15) is 40.0 Å². The number of rotatable bonds is 8. The van der Waals surface area contributed by atoms with Crippen LogP contribution in [0.3, 0.4) is 0 Å². The van der Waals surface area contributed by atoms with Crippen molar-refractivity contribution >= 4 is 34.9 Å². The average Bonchev–Trinajstić information content (AvgIpc) is 3.33. The Balaban J connectivity index is 1.59. The van der Waals surface area contributed by atoms with E-state index in [4.69, 9.17) is 25.8 Å². The number of hydrogen-bond acceptors (Lipinski definition) is 10. The highest BCUT2D eigenvalue weighted by atomic mass is 35.5. The highest BCUT2D eigenvalue weighted by Gasteiger charge is 2.55. The van der Waals surface area contributed by atoms with Gasteiger partial charge in [-0.25, -0.2) is 4.98 Å². The van der Waals surface area contributed by atoms with Crippen molar-refractivity contribution in [1.82, 2.24) is 9.97 Å². The zero-order valence-corrected chi connectivity index (χ0v) is 18.5. The van der Waals surface area contributed by atoms with Crippen LogP contribution >= 0.6 is 23.4 Å². The van der Waals surface area contributed by atoms with Gasteiger partial charge in [0.2, 0.25) is 11.0 Å². The van der Waals surface area contributed by atoms with Crippen molar-refractivity contribution in [2.24, 2.45) is 5.92 Å². The van der Waals surface area contributed by atoms with E-state index in [1.807, 2.05) is 0 Å². The van der Waals surface area contributed by atoms with E-state index in [1.165, 1.54) is 31.5 Å². The fraction of sp³-hybridized carbons (Fsp3) is 0.778. The summed E-state index contributed by atoms with van der Waals surface area (Å²) in [5.41, 5.74) is -0.373. The van der Waals surface area contributed by atoms with Gasteiger partial charge in [-0.05, 0) is 46.0 Å². The van der Waals surface area contributed by atoms with Crippen molar-refractivity contribution in [2.75, 3.05) is 11.1 Å². The standard InChI is InChI=1S/C18H25ClN4O6S/c1-8(24)27-11-6-10(13-14(11)29-18(2,3)28-13)20-16-12(23(25)26)15(19)21-17(22-16)30-7-9-4-5-9/h8-11,13-14,24H,4-7H2,1-3H3,(H,20,21,22)/t8?,10-,11+,13+,14-/m1/s1. The SMILES string of the molecule is CC(O)O[C@H]1C[C@@H](Nc2nc(SCC3CC3)nc(Cl)c2[N+](=O)[O-])[C@@H]2OC(C)(C)O[C@@H]21. The first-order valence-corrected chi connectivity index (χ1v) is 11.3. The number of thioether (sulfide) groups is 1. The molecule has 4 rings (SSSR count). The molecule has 1 aromatic heterocycles. The number of hydrogen-bond donors (Lipinski definition) is 2. The van der Waals surface area contributed by atoms with Gasteiger partial charge in [-0.2, -0.15) is 4.98 Å². The van der Waals surface area contributed by atoms with E-state index in [1.54, 1.807) is 13.8 Å². The van der Waals surface area contributed by atoms with Crippen LogP contribution in [0.5, 0.6) is 0 Å². The lowest BCUT2D eigenvalue weighted by atomic mass is 10.2. The Hall–Kier alpha value is -1.24. The lowest BCUT2D eigenvalue weighted by molar-refractivity contribution is -0.384. The van der Waals surface area contributed by atoms with Gasteiger partial charge in [-0.1, -0.05) is 23.4 Å². The predicted octanol–water partition coefficient (Wildman–Crippen LogP) is 2.97. The van der Waals surface area contributed by atoms with Crippen molar-refractivity contribution in [3.8, 4) is 0 Å². The molecule has 1 unspecified atom stereocenters. The summed E-state index contributed by atoms with van der Waals surface area (Å²) < 4.78 is 17.6. The van der Waals surface area contributed by atoms with Crippen molar-refractivity contribution in [3.63, 3.8) is 0 Å². The zero-order valence-electron chi connectivity index (χ0n) is 16.9. The fourth-order valence-corrected chi connectivity index (χ4v) is 5.17. The Kier molecular flexibility index (Phi) is 6.12. The fourth-order valence-electron chi connectivity index (χ4n) is 3.85. The summed E-state index contributed by atoms with van der Waals surface area (Å²) >= 11 is 7.58. The summed E-state index contributed by atoms with van der Waals surface area (Å²) in [6, 6.07) is -0.383. The van der Waals surface area contributed by atoms with Gasteiger partial charge in [0.25, 0.3) is 0 Å². The summed E-state index contributed by atoms with van der Waals surface area (Å²) in [5.74, 6) is 0.713. The van der Waals surface area contributed by atoms with Crippen LogP contribution in [0.2, 0.25) is 5.15 Å². The lowest BCUT2D eigenvalue weighted by Crippen LogP contribution is -2.35. The molecule has 3 fully saturated rings. The molecule has 2 saturated carbocycles. The first-order valence-electron chi connectivity index (χ1n) is 9.93. The number of anilines is 1. The Bertz CT molecular complexity index is 824. The minimum absolute atomic E-state index is 0.0491. The number of aromatic nitrogens is 2. The second-order valence-corrected chi connectivity index (χ2v) is 9.68. The quantitative estimate of drug-likeness (QED) is 0.149. The Morgan fingerprint density at radius 1 is 1.40 bits per heavy atom. The van der Waals surface area contributed by atoms with Crippen LogP contribution in [-0.2, 0) is 14.2 Å². The van der Waals surface area contributed by atoms with Crippen LogP contribution in [0, 0.1) is 16.0 Å². The molecule has 0 spiro atoms. The number of aliphatic hydroxyl groups excluding tert-OH is 1. The molecule has 2 N–H and O–H groups in total. The van der Waals surface area contributed by atoms with Gasteiger partial charge in [0.1, 0.15) is 12.2 Å². The second-order valence-electron chi connectivity index (χ2n) is 8.33. The first-order chi connectivity index (χ1) is 14.1. The van der Waals surface area contributed by atoms with E-state index in [0.29, 0.717) is 17.5 Å². The largest absolute Gasteiger partial charge is 0.368 e. The first kappa shape index (κ1) is 22.0. The highest BCUT2D eigenvalue weighted by Crippen LogP contribution is 2.43. The molecular weight excluding hydrogens is 436 g/mol. The van der Waals surface area contributed by atoms with Crippen LogP contribution in [0.15, 0.2) is 5.16 Å². The smallest absolute Gasteiger partial charge is 0.348 e. The Labute approximate surface area is 183 Å². The molecule has 2 aliphatic carbocycles. The van der Waals surface area contributed by atoms with Gasteiger partial charge in [0, 0.05) is 5.75 Å². The minimum Gasteiger partial charge on any atom is -0.368 e. The number of halogens is 1. The molecule has 1 aromatic rings. The third kappa shape index (κ3) is 4.81. The Morgan fingerprint density at radius 2 is 2.10 bits per heavy atom. The molecule has 12 heteroatoms. The molecule has 2 heterocycles. The molecular formula is C18H25ClN4O6S. The lowest BCUT2D eigenvalue weighted by Gasteiger charge is -2.24. The van der Waals surface area contributed by atoms with E-state index in [-0.39, 0.29) is 22.7 Å². The third-order valence-electron chi connectivity index (χ3n) is 5.26. The molecule has 0 amide bonds. The maximum absolute atomic E-state index is 11.6. The summed E-state index contributed by atoms with van der Waals surface area (Å²) in [6.07, 6.45) is 0.513. The molecule has 10 nitrogen and oxygen atoms in total. The number of nitrogens with one attached hydrogen (secondary N) is 1. The van der Waals surface area contributed by atoms with Gasteiger partial charge < -0.3 is 24.6 Å². The maximum atomic E-state index is 11.6. The summed E-state index contributed by atoms with van der Waals surface area (Å²) in [5, 5.41) is 24.6. The monoisotopic (exact) mass is 460 g/mol. The number of aliphatic hydroxyl groups is 1. The molecule has 0 radical (unpaired) electrons. The summed E-state index contributed by atoms with van der Waals surface area (Å²) in [7, 11) is 0. The van der Waals surface area contributed by atoms with Crippen molar-refractivity contribution in [2.45, 2.75) is 81.6 Å². The van der Waals surface area contributed by atoms with Gasteiger partial charge in [-0.15, -0.1) is 0 Å².